The summed E-state index contributed by atoms with van der Waals surface area (Å²) >= 11 is 0. The second kappa shape index (κ2) is 18.3. The molecule has 12 heteroatoms. The van der Waals surface area contributed by atoms with Crippen molar-refractivity contribution in [3.63, 3.8) is 0 Å². The van der Waals surface area contributed by atoms with E-state index in [1.807, 2.05) is 0 Å². The molecule has 0 aliphatic heterocycles. The Morgan fingerprint density at radius 1 is 0.733 bits per heavy atom. The van der Waals surface area contributed by atoms with Crippen molar-refractivity contribution in [3.05, 3.63) is 0 Å². The first kappa shape index (κ1) is 28.5. The lowest BCUT2D eigenvalue weighted by atomic mass is 10.2. The summed E-state index contributed by atoms with van der Waals surface area (Å²) < 4.78 is 19.5. The SMILES string of the molecule is CCOC(=O)[C@H](CCSSCC[C@H](NC(=O)COC)C(=O)OCC)NC(=O)COC. The van der Waals surface area contributed by atoms with Crippen LogP contribution in [0.2, 0.25) is 0 Å². The lowest BCUT2D eigenvalue weighted by Crippen LogP contribution is -2.43. The molecule has 0 rings (SSSR count). The molecule has 0 radical (unpaired) electrons. The maximum Gasteiger partial charge on any atom is 0.328 e. The van der Waals surface area contributed by atoms with E-state index in [9.17, 15) is 19.2 Å². The van der Waals surface area contributed by atoms with Gasteiger partial charge in [0, 0.05) is 25.7 Å². The summed E-state index contributed by atoms with van der Waals surface area (Å²) in [6, 6.07) is -1.50. The largest absolute Gasteiger partial charge is 0.464 e. The minimum absolute atomic E-state index is 0.137. The van der Waals surface area contributed by atoms with Gasteiger partial charge < -0.3 is 29.6 Å². The molecule has 0 saturated carbocycles. The van der Waals surface area contributed by atoms with Crippen molar-refractivity contribution >= 4 is 45.3 Å². The number of hydrogen-bond donors (Lipinski definition) is 2. The molecule has 0 aromatic rings. The second-order valence-electron chi connectivity index (χ2n) is 5.83. The highest BCUT2D eigenvalue weighted by Gasteiger charge is 2.23. The van der Waals surface area contributed by atoms with E-state index in [1.165, 1.54) is 35.8 Å². The van der Waals surface area contributed by atoms with Gasteiger partial charge in [-0.3, -0.25) is 9.59 Å². The van der Waals surface area contributed by atoms with Gasteiger partial charge in [-0.25, -0.2) is 9.59 Å². The van der Waals surface area contributed by atoms with Gasteiger partial charge in [0.05, 0.1) is 13.2 Å². The Kier molecular flexibility index (Phi) is 17.4. The number of methoxy groups -OCH3 is 2. The summed E-state index contributed by atoms with van der Waals surface area (Å²) in [5.74, 6) is -0.621. The minimum Gasteiger partial charge on any atom is -0.464 e. The van der Waals surface area contributed by atoms with Crippen LogP contribution in [0.25, 0.3) is 0 Å². The van der Waals surface area contributed by atoms with Crippen LogP contribution in [-0.4, -0.2) is 88.0 Å². The van der Waals surface area contributed by atoms with Crippen molar-refractivity contribution in [1.82, 2.24) is 10.6 Å². The Labute approximate surface area is 185 Å². The number of ether oxygens (including phenoxy) is 4. The summed E-state index contributed by atoms with van der Waals surface area (Å²) in [5, 5.41) is 5.19. The Bertz CT molecular complexity index is 490. The predicted octanol–water partition coefficient (Wildman–Crippen LogP) is 0.537. The molecule has 0 aliphatic carbocycles. The van der Waals surface area contributed by atoms with E-state index in [0.717, 1.165) is 0 Å². The average Bonchev–Trinajstić information content (AvgIpc) is 2.69. The molecule has 0 bridgehead atoms. The molecular formula is C18H32N2O8S2. The number of hydrogen-bond acceptors (Lipinski definition) is 10. The average molecular weight is 469 g/mol. The Balaban J connectivity index is 4.41. The highest BCUT2D eigenvalue weighted by Crippen LogP contribution is 2.24. The fraction of sp³-hybridized carbons (Fsp3) is 0.778. The molecule has 174 valence electrons. The number of esters is 2. The van der Waals surface area contributed by atoms with Gasteiger partial charge in [-0.05, 0) is 26.7 Å². The van der Waals surface area contributed by atoms with Gasteiger partial charge in [0.1, 0.15) is 25.3 Å². The number of carbonyl (C=O) groups excluding carboxylic acids is 4. The molecule has 2 atom stereocenters. The van der Waals surface area contributed by atoms with Gasteiger partial charge in [0.2, 0.25) is 11.8 Å². The molecule has 0 spiro atoms. The maximum absolute atomic E-state index is 12.0. The van der Waals surface area contributed by atoms with Crippen LogP contribution in [0.15, 0.2) is 0 Å². The predicted molar refractivity (Wildman–Crippen MR) is 115 cm³/mol. The lowest BCUT2D eigenvalue weighted by Gasteiger charge is -2.18. The number of amides is 2. The zero-order valence-electron chi connectivity index (χ0n) is 17.9. The van der Waals surface area contributed by atoms with Crippen LogP contribution < -0.4 is 10.6 Å². The third kappa shape index (κ3) is 13.7. The van der Waals surface area contributed by atoms with Crippen molar-refractivity contribution in [1.29, 1.82) is 0 Å². The van der Waals surface area contributed by atoms with Gasteiger partial charge in [-0.2, -0.15) is 0 Å². The minimum atomic E-state index is -0.749. The molecule has 0 fully saturated rings. The third-order valence-corrected chi connectivity index (χ3v) is 5.90. The number of nitrogens with one attached hydrogen (secondary N) is 2. The zero-order chi connectivity index (χ0) is 22.8. The molecule has 0 aromatic carbocycles. The molecular weight excluding hydrogens is 436 g/mol. The molecule has 2 amide bonds. The van der Waals surface area contributed by atoms with E-state index >= 15 is 0 Å². The number of rotatable bonds is 17. The van der Waals surface area contributed by atoms with E-state index in [1.54, 1.807) is 13.8 Å². The Morgan fingerprint density at radius 3 is 1.40 bits per heavy atom. The van der Waals surface area contributed by atoms with Crippen LogP contribution in [0.1, 0.15) is 26.7 Å². The van der Waals surface area contributed by atoms with Crippen LogP contribution in [-0.2, 0) is 38.1 Å². The molecule has 0 aliphatic rings. The molecule has 0 unspecified atom stereocenters. The highest BCUT2D eigenvalue weighted by atomic mass is 33.1. The van der Waals surface area contributed by atoms with Crippen molar-refractivity contribution in [2.75, 3.05) is 52.2 Å². The first-order chi connectivity index (χ1) is 14.4. The van der Waals surface area contributed by atoms with Gasteiger partial charge in [0.25, 0.3) is 0 Å². The van der Waals surface area contributed by atoms with Crippen LogP contribution in [0.4, 0.5) is 0 Å². The van der Waals surface area contributed by atoms with Crippen LogP contribution in [0, 0.1) is 0 Å². The third-order valence-electron chi connectivity index (χ3n) is 3.43. The molecule has 10 nitrogen and oxygen atoms in total. The van der Waals surface area contributed by atoms with E-state index in [-0.39, 0.29) is 26.4 Å². The molecule has 0 heterocycles. The topological polar surface area (TPSA) is 129 Å². The van der Waals surface area contributed by atoms with Crippen LogP contribution in [0.5, 0.6) is 0 Å². The van der Waals surface area contributed by atoms with E-state index in [0.29, 0.717) is 24.3 Å². The molecule has 30 heavy (non-hydrogen) atoms. The van der Waals surface area contributed by atoms with Gasteiger partial charge in [-0.1, -0.05) is 21.6 Å². The first-order valence-corrected chi connectivity index (χ1v) is 12.0. The van der Waals surface area contributed by atoms with Crippen LogP contribution >= 0.6 is 21.6 Å². The highest BCUT2D eigenvalue weighted by molar-refractivity contribution is 8.76. The second-order valence-corrected chi connectivity index (χ2v) is 8.53. The summed E-state index contributed by atoms with van der Waals surface area (Å²) in [5.41, 5.74) is 0. The molecule has 0 saturated heterocycles. The summed E-state index contributed by atoms with van der Waals surface area (Å²) in [6.45, 7) is 3.57. The number of carbonyl (C=O) groups is 4. The monoisotopic (exact) mass is 468 g/mol. The van der Waals surface area contributed by atoms with Gasteiger partial charge >= 0.3 is 11.9 Å². The van der Waals surface area contributed by atoms with Crippen LogP contribution in [0.3, 0.4) is 0 Å². The summed E-state index contributed by atoms with van der Waals surface area (Å²) in [4.78, 5) is 47.3. The lowest BCUT2D eigenvalue weighted by molar-refractivity contribution is -0.148. The Hall–Kier alpha value is -1.50. The van der Waals surface area contributed by atoms with Gasteiger partial charge in [-0.15, -0.1) is 0 Å². The first-order valence-electron chi connectivity index (χ1n) is 9.53. The molecule has 2 N–H and O–H groups in total. The van der Waals surface area contributed by atoms with Gasteiger partial charge in [0.15, 0.2) is 0 Å². The normalized spacial score (nSPS) is 12.5. The van der Waals surface area contributed by atoms with E-state index in [2.05, 4.69) is 10.6 Å². The maximum atomic E-state index is 12.0. The summed E-state index contributed by atoms with van der Waals surface area (Å²) in [7, 11) is 5.77. The van der Waals surface area contributed by atoms with Crippen molar-refractivity contribution in [3.8, 4) is 0 Å². The molecule has 0 aromatic heterocycles. The fourth-order valence-electron chi connectivity index (χ4n) is 2.17. The summed E-state index contributed by atoms with van der Waals surface area (Å²) in [6.07, 6.45) is 0.773. The zero-order valence-corrected chi connectivity index (χ0v) is 19.5. The smallest absolute Gasteiger partial charge is 0.328 e. The standard InChI is InChI=1S/C18H32N2O8S2/c1-5-27-17(23)13(19-15(21)11-25-3)7-9-29-30-10-8-14(18(24)28-6-2)20-16(22)12-26-4/h13-14H,5-12H2,1-4H3,(H,19,21)(H,20,22)/t13-,14-/m0/s1. The van der Waals surface area contributed by atoms with Crippen molar-refractivity contribution in [2.45, 2.75) is 38.8 Å². The van der Waals surface area contributed by atoms with Crippen molar-refractivity contribution in [2.24, 2.45) is 0 Å². The van der Waals surface area contributed by atoms with Crippen molar-refractivity contribution < 1.29 is 38.1 Å². The van der Waals surface area contributed by atoms with E-state index < -0.39 is 35.8 Å². The fourth-order valence-corrected chi connectivity index (χ4v) is 4.35. The Morgan fingerprint density at radius 2 is 1.10 bits per heavy atom. The quantitative estimate of drug-likeness (QED) is 0.177. The van der Waals surface area contributed by atoms with E-state index in [4.69, 9.17) is 18.9 Å².